The number of aliphatic hydroxyl groups excluding tert-OH is 2. The summed E-state index contributed by atoms with van der Waals surface area (Å²) in [6, 6.07) is 5.82. The Kier molecular flexibility index (Phi) is 5.85. The lowest BCUT2D eigenvalue weighted by atomic mass is 9.99. The number of hydrogen-bond donors (Lipinski definition) is 2. The summed E-state index contributed by atoms with van der Waals surface area (Å²) in [5, 5.41) is 30.5. The fourth-order valence-electron chi connectivity index (χ4n) is 2.49. The van der Waals surface area contributed by atoms with E-state index in [1.807, 2.05) is 0 Å². The molecule has 1 heterocycles. The van der Waals surface area contributed by atoms with Crippen LogP contribution in [0.2, 0.25) is 0 Å². The average Bonchev–Trinajstić information content (AvgIpc) is 2.55. The van der Waals surface area contributed by atoms with Gasteiger partial charge in [0, 0.05) is 20.3 Å². The molecular formula is C14H19NO8. The molecule has 1 aromatic carbocycles. The summed E-state index contributed by atoms with van der Waals surface area (Å²) >= 11 is 0. The molecule has 0 amide bonds. The maximum atomic E-state index is 11.1. The Hall–Kier alpha value is -1.78. The number of nitro benzene ring substituents is 1. The Bertz CT molecular complexity index is 539. The molecule has 0 saturated carbocycles. The van der Waals surface area contributed by atoms with Gasteiger partial charge in [0.2, 0.25) is 6.29 Å². The molecule has 1 aromatic rings. The standard InChI is InChI=1S/C14H19NO8/c1-20-12-11(17)10(7-16)23-14(13(12)21-2)22-9-6-4-3-5-8(9)15(18)19/h3-6,10-14,16-17H,7H2,1-2H3/t10-,11+,12+,13-,14-/m1/s1. The van der Waals surface area contributed by atoms with Crippen molar-refractivity contribution in [1.29, 1.82) is 0 Å². The van der Waals surface area contributed by atoms with Crippen LogP contribution in [-0.4, -0.2) is 66.7 Å². The summed E-state index contributed by atoms with van der Waals surface area (Å²) in [7, 11) is 2.75. The van der Waals surface area contributed by atoms with Crippen LogP contribution in [0.4, 0.5) is 5.69 Å². The van der Waals surface area contributed by atoms with Crippen LogP contribution in [-0.2, 0) is 14.2 Å². The minimum absolute atomic E-state index is 0.00696. The van der Waals surface area contributed by atoms with Crippen molar-refractivity contribution in [3.05, 3.63) is 34.4 Å². The van der Waals surface area contributed by atoms with Gasteiger partial charge in [0.15, 0.2) is 5.75 Å². The summed E-state index contributed by atoms with van der Waals surface area (Å²) in [5.41, 5.74) is -0.230. The summed E-state index contributed by atoms with van der Waals surface area (Å²) in [5.74, 6) is -0.00696. The Morgan fingerprint density at radius 3 is 2.48 bits per heavy atom. The minimum Gasteiger partial charge on any atom is -0.455 e. The smallest absolute Gasteiger partial charge is 0.311 e. The van der Waals surface area contributed by atoms with E-state index in [4.69, 9.17) is 18.9 Å². The topological polar surface area (TPSA) is 121 Å². The van der Waals surface area contributed by atoms with Gasteiger partial charge in [0.1, 0.15) is 24.4 Å². The molecule has 1 saturated heterocycles. The highest BCUT2D eigenvalue weighted by molar-refractivity contribution is 5.45. The monoisotopic (exact) mass is 329 g/mol. The van der Waals surface area contributed by atoms with E-state index < -0.39 is 42.2 Å². The first kappa shape index (κ1) is 17.6. The number of para-hydroxylation sites is 2. The molecule has 0 radical (unpaired) electrons. The van der Waals surface area contributed by atoms with Gasteiger partial charge in [0.05, 0.1) is 11.5 Å². The molecule has 23 heavy (non-hydrogen) atoms. The zero-order valence-electron chi connectivity index (χ0n) is 12.7. The second kappa shape index (κ2) is 7.66. The number of methoxy groups -OCH3 is 2. The predicted octanol–water partition coefficient (Wildman–Crippen LogP) is 0.0817. The molecule has 0 aliphatic carbocycles. The number of benzene rings is 1. The van der Waals surface area contributed by atoms with Crippen molar-refractivity contribution in [2.75, 3.05) is 20.8 Å². The van der Waals surface area contributed by atoms with E-state index in [2.05, 4.69) is 0 Å². The quantitative estimate of drug-likeness (QED) is 0.556. The number of nitrogens with zero attached hydrogens (tertiary/aromatic N) is 1. The van der Waals surface area contributed by atoms with Crippen LogP contribution in [0.25, 0.3) is 0 Å². The fraction of sp³-hybridized carbons (Fsp3) is 0.571. The maximum Gasteiger partial charge on any atom is 0.311 e. The molecule has 2 rings (SSSR count). The Labute approximate surface area is 132 Å². The fourth-order valence-corrected chi connectivity index (χ4v) is 2.49. The largest absolute Gasteiger partial charge is 0.455 e. The second-order valence-corrected chi connectivity index (χ2v) is 4.96. The molecule has 0 bridgehead atoms. The van der Waals surface area contributed by atoms with Crippen LogP contribution in [0.15, 0.2) is 24.3 Å². The van der Waals surface area contributed by atoms with E-state index in [-0.39, 0.29) is 11.4 Å². The van der Waals surface area contributed by atoms with Crippen molar-refractivity contribution in [1.82, 2.24) is 0 Å². The van der Waals surface area contributed by atoms with E-state index in [0.29, 0.717) is 0 Å². The highest BCUT2D eigenvalue weighted by Crippen LogP contribution is 2.31. The van der Waals surface area contributed by atoms with Gasteiger partial charge in [-0.25, -0.2) is 0 Å². The predicted molar refractivity (Wildman–Crippen MR) is 77.1 cm³/mol. The van der Waals surface area contributed by atoms with Gasteiger partial charge in [-0.05, 0) is 6.07 Å². The molecule has 9 heteroatoms. The van der Waals surface area contributed by atoms with Gasteiger partial charge in [-0.15, -0.1) is 0 Å². The molecule has 5 atom stereocenters. The number of aliphatic hydroxyl groups is 2. The summed E-state index contributed by atoms with van der Waals surface area (Å²) in [6.07, 6.45) is -4.83. The molecule has 128 valence electrons. The zero-order valence-corrected chi connectivity index (χ0v) is 12.7. The molecule has 2 N–H and O–H groups in total. The number of nitro groups is 1. The zero-order chi connectivity index (χ0) is 17.0. The van der Waals surface area contributed by atoms with Crippen molar-refractivity contribution in [3.63, 3.8) is 0 Å². The number of hydrogen-bond acceptors (Lipinski definition) is 8. The van der Waals surface area contributed by atoms with E-state index in [9.17, 15) is 20.3 Å². The Morgan fingerprint density at radius 1 is 1.26 bits per heavy atom. The van der Waals surface area contributed by atoms with E-state index in [1.165, 1.54) is 32.4 Å². The first-order valence-electron chi connectivity index (χ1n) is 6.93. The SMILES string of the molecule is CO[C@H]1[C@H](Oc2ccccc2[N+](=O)[O-])O[C@H](CO)[C@H](O)[C@@H]1OC. The summed E-state index contributed by atoms with van der Waals surface area (Å²) < 4.78 is 21.5. The van der Waals surface area contributed by atoms with E-state index in [1.54, 1.807) is 6.07 Å². The van der Waals surface area contributed by atoms with Gasteiger partial charge in [0.25, 0.3) is 0 Å². The van der Waals surface area contributed by atoms with Crippen LogP contribution in [0.5, 0.6) is 5.75 Å². The maximum absolute atomic E-state index is 11.1. The normalized spacial score (nSPS) is 30.9. The summed E-state index contributed by atoms with van der Waals surface area (Å²) in [4.78, 5) is 10.5. The van der Waals surface area contributed by atoms with Gasteiger partial charge < -0.3 is 29.2 Å². The third-order valence-electron chi connectivity index (χ3n) is 3.65. The van der Waals surface area contributed by atoms with Crippen LogP contribution < -0.4 is 4.74 Å². The molecule has 1 fully saturated rings. The van der Waals surface area contributed by atoms with Crippen molar-refractivity contribution in [2.45, 2.75) is 30.7 Å². The first-order valence-corrected chi connectivity index (χ1v) is 6.93. The average molecular weight is 329 g/mol. The number of rotatable bonds is 6. The lowest BCUT2D eigenvalue weighted by molar-refractivity contribution is -0.387. The second-order valence-electron chi connectivity index (χ2n) is 4.96. The molecular weight excluding hydrogens is 310 g/mol. The van der Waals surface area contributed by atoms with Crippen LogP contribution in [0.1, 0.15) is 0 Å². The molecule has 1 aliphatic rings. The Morgan fingerprint density at radius 2 is 1.91 bits per heavy atom. The van der Waals surface area contributed by atoms with Crippen molar-refractivity contribution in [3.8, 4) is 5.75 Å². The molecule has 0 spiro atoms. The lowest BCUT2D eigenvalue weighted by Crippen LogP contribution is -2.61. The molecule has 0 unspecified atom stereocenters. The van der Waals surface area contributed by atoms with Gasteiger partial charge in [-0.3, -0.25) is 10.1 Å². The van der Waals surface area contributed by atoms with Crippen LogP contribution in [0, 0.1) is 10.1 Å². The third-order valence-corrected chi connectivity index (χ3v) is 3.65. The molecule has 9 nitrogen and oxygen atoms in total. The number of ether oxygens (including phenoxy) is 4. The Balaban J connectivity index is 2.28. The lowest BCUT2D eigenvalue weighted by Gasteiger charge is -2.42. The van der Waals surface area contributed by atoms with E-state index >= 15 is 0 Å². The molecule has 0 aromatic heterocycles. The summed E-state index contributed by atoms with van der Waals surface area (Å²) in [6.45, 7) is -0.464. The van der Waals surface area contributed by atoms with Crippen LogP contribution >= 0.6 is 0 Å². The van der Waals surface area contributed by atoms with Crippen molar-refractivity contribution >= 4 is 5.69 Å². The van der Waals surface area contributed by atoms with E-state index in [0.717, 1.165) is 0 Å². The highest BCUT2D eigenvalue weighted by Gasteiger charge is 2.47. The van der Waals surface area contributed by atoms with Crippen molar-refractivity contribution in [2.24, 2.45) is 0 Å². The molecule has 1 aliphatic heterocycles. The van der Waals surface area contributed by atoms with Gasteiger partial charge in [-0.1, -0.05) is 12.1 Å². The highest BCUT2D eigenvalue weighted by atomic mass is 16.7. The van der Waals surface area contributed by atoms with Gasteiger partial charge in [-0.2, -0.15) is 0 Å². The van der Waals surface area contributed by atoms with Gasteiger partial charge >= 0.3 is 5.69 Å². The third kappa shape index (κ3) is 3.59. The first-order chi connectivity index (χ1) is 11.0. The van der Waals surface area contributed by atoms with Crippen molar-refractivity contribution < 1.29 is 34.1 Å². The van der Waals surface area contributed by atoms with Crippen LogP contribution in [0.3, 0.4) is 0 Å². The minimum atomic E-state index is -1.12.